The van der Waals surface area contributed by atoms with Crippen molar-refractivity contribution < 1.29 is 0 Å². The molecule has 3 heterocycles. The maximum Gasteiger partial charge on any atom is 0.164 e. The summed E-state index contributed by atoms with van der Waals surface area (Å²) >= 11 is 0. The fourth-order valence-electron chi connectivity index (χ4n) is 8.05. The normalized spacial score (nSPS) is 11.6. The number of hydrogen-bond donors (Lipinski definition) is 0. The summed E-state index contributed by atoms with van der Waals surface area (Å²) in [5.74, 6) is 1.95. The van der Waals surface area contributed by atoms with E-state index in [0.29, 0.717) is 17.5 Å². The molecule has 0 N–H and O–H groups in total. The summed E-state index contributed by atoms with van der Waals surface area (Å²) in [5.41, 5.74) is 11.0. The van der Waals surface area contributed by atoms with E-state index < -0.39 is 0 Å². The SMILES string of the molecule is c1ccc(-c2nc(-c3ccccc3)nc(-c3ccc(-c4ccc(-n5c6ccccc6c6ccc7cc8c(ccn8-c8ccccc8)cc7c65)cc4)cc3)n2)cc1. The Labute approximate surface area is 323 Å². The highest BCUT2D eigenvalue weighted by Crippen LogP contribution is 2.39. The lowest BCUT2D eigenvalue weighted by molar-refractivity contribution is 1.07. The van der Waals surface area contributed by atoms with Crippen molar-refractivity contribution in [3.05, 3.63) is 200 Å². The Morgan fingerprint density at radius 1 is 0.321 bits per heavy atom. The molecule has 262 valence electrons. The average molecular weight is 716 g/mol. The van der Waals surface area contributed by atoms with Gasteiger partial charge in [-0.3, -0.25) is 0 Å². The van der Waals surface area contributed by atoms with E-state index in [1.165, 1.54) is 43.5 Å². The van der Waals surface area contributed by atoms with Crippen LogP contribution in [0.1, 0.15) is 0 Å². The number of nitrogens with zero attached hydrogens (tertiary/aromatic N) is 5. The van der Waals surface area contributed by atoms with Gasteiger partial charge in [0.15, 0.2) is 17.5 Å². The van der Waals surface area contributed by atoms with Gasteiger partial charge in [-0.2, -0.15) is 0 Å². The van der Waals surface area contributed by atoms with Crippen LogP contribution in [0, 0.1) is 0 Å². The molecule has 0 radical (unpaired) electrons. The number of fused-ring (bicyclic) bond motifs is 6. The maximum absolute atomic E-state index is 4.92. The van der Waals surface area contributed by atoms with Crippen LogP contribution in [0.5, 0.6) is 0 Å². The first-order chi connectivity index (χ1) is 27.7. The van der Waals surface area contributed by atoms with Crippen molar-refractivity contribution in [2.75, 3.05) is 0 Å². The summed E-state index contributed by atoms with van der Waals surface area (Å²) in [7, 11) is 0. The van der Waals surface area contributed by atoms with Gasteiger partial charge in [0, 0.05) is 55.8 Å². The predicted molar refractivity (Wildman–Crippen MR) is 230 cm³/mol. The molecule has 0 saturated carbocycles. The summed E-state index contributed by atoms with van der Waals surface area (Å²) in [6, 6.07) is 68.3. The quantitative estimate of drug-likeness (QED) is 0.172. The molecule has 56 heavy (non-hydrogen) atoms. The Bertz CT molecular complexity index is 3140. The van der Waals surface area contributed by atoms with E-state index in [1.54, 1.807) is 0 Å². The van der Waals surface area contributed by atoms with Crippen molar-refractivity contribution in [1.82, 2.24) is 24.1 Å². The first-order valence-corrected chi connectivity index (χ1v) is 18.9. The molecule has 8 aromatic carbocycles. The Morgan fingerprint density at radius 2 is 0.857 bits per heavy atom. The summed E-state index contributed by atoms with van der Waals surface area (Å²) in [6.07, 6.45) is 2.17. The van der Waals surface area contributed by atoms with Crippen molar-refractivity contribution in [1.29, 1.82) is 0 Å². The summed E-state index contributed by atoms with van der Waals surface area (Å²) < 4.78 is 4.70. The third-order valence-electron chi connectivity index (χ3n) is 10.8. The summed E-state index contributed by atoms with van der Waals surface area (Å²) in [6.45, 7) is 0. The Balaban J connectivity index is 0.979. The first-order valence-electron chi connectivity index (χ1n) is 18.9. The zero-order chi connectivity index (χ0) is 37.0. The fourth-order valence-corrected chi connectivity index (χ4v) is 8.05. The number of benzene rings is 8. The van der Waals surface area contributed by atoms with E-state index in [-0.39, 0.29) is 0 Å². The van der Waals surface area contributed by atoms with Crippen LogP contribution >= 0.6 is 0 Å². The van der Waals surface area contributed by atoms with Gasteiger partial charge in [-0.05, 0) is 65.0 Å². The van der Waals surface area contributed by atoms with Crippen LogP contribution in [0.2, 0.25) is 0 Å². The number of rotatable bonds is 6. The van der Waals surface area contributed by atoms with Crippen LogP contribution in [-0.4, -0.2) is 24.1 Å². The Kier molecular flexibility index (Phi) is 7.42. The highest BCUT2D eigenvalue weighted by molar-refractivity contribution is 6.20. The van der Waals surface area contributed by atoms with Gasteiger partial charge in [0.1, 0.15) is 0 Å². The molecule has 5 heteroatoms. The molecular formula is C51H33N5. The van der Waals surface area contributed by atoms with E-state index in [9.17, 15) is 0 Å². The Hall–Kier alpha value is -7.63. The molecule has 0 aliphatic carbocycles. The number of para-hydroxylation sites is 2. The van der Waals surface area contributed by atoms with Gasteiger partial charge in [0.25, 0.3) is 0 Å². The van der Waals surface area contributed by atoms with Crippen LogP contribution in [0.4, 0.5) is 0 Å². The van der Waals surface area contributed by atoms with E-state index in [4.69, 9.17) is 15.0 Å². The van der Waals surface area contributed by atoms with Crippen LogP contribution in [-0.2, 0) is 0 Å². The van der Waals surface area contributed by atoms with Gasteiger partial charge in [-0.1, -0.05) is 146 Å². The molecular weight excluding hydrogens is 683 g/mol. The minimum absolute atomic E-state index is 0.645. The van der Waals surface area contributed by atoms with Crippen molar-refractivity contribution in [3.63, 3.8) is 0 Å². The first kappa shape index (κ1) is 31.9. The Morgan fingerprint density at radius 3 is 1.50 bits per heavy atom. The van der Waals surface area contributed by atoms with Crippen molar-refractivity contribution in [2.45, 2.75) is 0 Å². The van der Waals surface area contributed by atoms with Crippen LogP contribution in [0.3, 0.4) is 0 Å². The lowest BCUT2D eigenvalue weighted by Gasteiger charge is -2.12. The van der Waals surface area contributed by atoms with Gasteiger partial charge in [0.2, 0.25) is 0 Å². The molecule has 0 spiro atoms. The lowest BCUT2D eigenvalue weighted by atomic mass is 10.0. The molecule has 0 saturated heterocycles. The fraction of sp³-hybridized carbons (Fsp3) is 0. The molecule has 0 aliphatic heterocycles. The molecule has 0 unspecified atom stereocenters. The average Bonchev–Trinajstić information content (AvgIpc) is 3.85. The van der Waals surface area contributed by atoms with Gasteiger partial charge in [-0.25, -0.2) is 15.0 Å². The minimum atomic E-state index is 0.645. The molecule has 11 aromatic rings. The number of aromatic nitrogens is 5. The topological polar surface area (TPSA) is 48.5 Å². The second-order valence-electron chi connectivity index (χ2n) is 14.1. The zero-order valence-corrected chi connectivity index (χ0v) is 30.3. The van der Waals surface area contributed by atoms with Gasteiger partial charge in [-0.15, -0.1) is 0 Å². The van der Waals surface area contributed by atoms with E-state index in [0.717, 1.165) is 39.2 Å². The summed E-state index contributed by atoms with van der Waals surface area (Å²) in [5, 5.41) is 6.16. The van der Waals surface area contributed by atoms with Crippen LogP contribution in [0.25, 0.3) is 100 Å². The van der Waals surface area contributed by atoms with E-state index in [1.807, 2.05) is 60.7 Å². The van der Waals surface area contributed by atoms with Crippen molar-refractivity contribution in [2.24, 2.45) is 0 Å². The predicted octanol–water partition coefficient (Wildman–Crippen LogP) is 12.7. The zero-order valence-electron chi connectivity index (χ0n) is 30.3. The molecule has 3 aromatic heterocycles. The van der Waals surface area contributed by atoms with Gasteiger partial charge >= 0.3 is 0 Å². The monoisotopic (exact) mass is 715 g/mol. The van der Waals surface area contributed by atoms with Crippen LogP contribution < -0.4 is 0 Å². The lowest BCUT2D eigenvalue weighted by Crippen LogP contribution is -2.00. The standard InChI is InChI=1S/C51H33N5/c1-4-12-36(13-5-1)49-52-50(37-14-6-2-7-15-37)54-51(53-49)38-22-20-34(21-23-38)35-24-27-42(28-25-35)56-46-19-11-10-18-43(46)44-29-26-39-33-47-40(32-45(39)48(44)56)30-31-55(47)41-16-8-3-9-17-41/h1-33H. The van der Waals surface area contributed by atoms with Crippen molar-refractivity contribution >= 4 is 43.5 Å². The highest BCUT2D eigenvalue weighted by Gasteiger charge is 2.17. The molecule has 0 bridgehead atoms. The molecule has 0 atom stereocenters. The summed E-state index contributed by atoms with van der Waals surface area (Å²) in [4.78, 5) is 14.7. The van der Waals surface area contributed by atoms with Gasteiger partial charge in [0.05, 0.1) is 16.6 Å². The largest absolute Gasteiger partial charge is 0.317 e. The maximum atomic E-state index is 4.92. The van der Waals surface area contributed by atoms with Crippen molar-refractivity contribution in [3.8, 4) is 56.7 Å². The third-order valence-corrected chi connectivity index (χ3v) is 10.8. The number of hydrogen-bond acceptors (Lipinski definition) is 3. The molecule has 0 aliphatic rings. The van der Waals surface area contributed by atoms with E-state index in [2.05, 4.69) is 149 Å². The second-order valence-corrected chi connectivity index (χ2v) is 14.1. The van der Waals surface area contributed by atoms with Gasteiger partial charge < -0.3 is 9.13 Å². The van der Waals surface area contributed by atoms with E-state index >= 15 is 0 Å². The smallest absolute Gasteiger partial charge is 0.164 e. The minimum Gasteiger partial charge on any atom is -0.317 e. The molecule has 0 amide bonds. The van der Waals surface area contributed by atoms with Crippen LogP contribution in [0.15, 0.2) is 200 Å². The molecule has 5 nitrogen and oxygen atoms in total. The molecule has 11 rings (SSSR count). The second kappa shape index (κ2) is 13.0. The molecule has 0 fully saturated rings. The highest BCUT2D eigenvalue weighted by atomic mass is 15.0. The third kappa shape index (κ3) is 5.37.